The van der Waals surface area contributed by atoms with Gasteiger partial charge in [0.15, 0.2) is 11.5 Å². The van der Waals surface area contributed by atoms with Gasteiger partial charge >= 0.3 is 0 Å². The first-order valence-electron chi connectivity index (χ1n) is 10.3. The van der Waals surface area contributed by atoms with Crippen LogP contribution in [0.2, 0.25) is 0 Å². The number of ether oxygens (including phenoxy) is 2. The summed E-state index contributed by atoms with van der Waals surface area (Å²) in [5, 5.41) is 6.55. The Morgan fingerprint density at radius 3 is 2.65 bits per heavy atom. The molecule has 1 aliphatic carbocycles. The summed E-state index contributed by atoms with van der Waals surface area (Å²) in [6.45, 7) is 2.40. The number of rotatable bonds is 4. The van der Waals surface area contributed by atoms with Crippen molar-refractivity contribution >= 4 is 33.8 Å². The number of carbonyl (C=O) groups is 2. The zero-order chi connectivity index (χ0) is 21.4. The van der Waals surface area contributed by atoms with E-state index in [4.69, 9.17) is 9.47 Å². The fourth-order valence-electron chi connectivity index (χ4n) is 4.01. The van der Waals surface area contributed by atoms with E-state index >= 15 is 0 Å². The molecule has 1 aromatic heterocycles. The molecule has 2 heterocycles. The lowest BCUT2D eigenvalue weighted by Crippen LogP contribution is -2.19. The summed E-state index contributed by atoms with van der Waals surface area (Å²) >= 11 is 1.51. The first kappa shape index (κ1) is 19.6. The van der Waals surface area contributed by atoms with E-state index in [9.17, 15) is 9.59 Å². The summed E-state index contributed by atoms with van der Waals surface area (Å²) in [6, 6.07) is 14.4. The summed E-state index contributed by atoms with van der Waals surface area (Å²) in [4.78, 5) is 27.3. The second-order valence-corrected chi connectivity index (χ2v) is 9.00. The van der Waals surface area contributed by atoms with Crippen molar-refractivity contribution in [2.75, 3.05) is 17.4 Å². The Morgan fingerprint density at radius 2 is 1.81 bits per heavy atom. The van der Waals surface area contributed by atoms with Crippen LogP contribution >= 0.6 is 11.3 Å². The largest absolute Gasteiger partial charge is 0.454 e. The summed E-state index contributed by atoms with van der Waals surface area (Å²) in [6.07, 6.45) is 2.78. The van der Waals surface area contributed by atoms with Crippen molar-refractivity contribution in [3.05, 3.63) is 70.1 Å². The zero-order valence-corrected chi connectivity index (χ0v) is 17.9. The van der Waals surface area contributed by atoms with Crippen molar-refractivity contribution in [1.29, 1.82) is 0 Å². The maximum Gasteiger partial charge on any atom is 0.258 e. The van der Waals surface area contributed by atoms with Gasteiger partial charge in [-0.05, 0) is 55.0 Å². The second-order valence-electron chi connectivity index (χ2n) is 7.90. The van der Waals surface area contributed by atoms with Crippen LogP contribution in [0.4, 0.5) is 10.7 Å². The number of thiophene rings is 1. The molecule has 0 bridgehead atoms. The molecular formula is C24H22N2O4S. The third kappa shape index (κ3) is 3.88. The minimum absolute atomic E-state index is 0.179. The normalized spacial score (nSPS) is 16.5. The molecule has 1 aliphatic heterocycles. The first-order valence-corrected chi connectivity index (χ1v) is 11.1. The molecule has 0 saturated carbocycles. The monoisotopic (exact) mass is 434 g/mol. The predicted octanol–water partition coefficient (Wildman–Crippen LogP) is 5.11. The van der Waals surface area contributed by atoms with Gasteiger partial charge in [0.2, 0.25) is 6.79 Å². The molecule has 2 N–H and O–H groups in total. The van der Waals surface area contributed by atoms with E-state index in [-0.39, 0.29) is 18.6 Å². The number of amides is 2. The number of nitrogens with one attached hydrogen (secondary N) is 2. The van der Waals surface area contributed by atoms with Crippen LogP contribution in [-0.2, 0) is 12.8 Å². The van der Waals surface area contributed by atoms with Gasteiger partial charge in [0, 0.05) is 22.2 Å². The molecule has 0 spiro atoms. The smallest absolute Gasteiger partial charge is 0.258 e. The molecule has 2 aromatic carbocycles. The van der Waals surface area contributed by atoms with Crippen molar-refractivity contribution in [2.45, 2.75) is 26.2 Å². The summed E-state index contributed by atoms with van der Waals surface area (Å²) < 4.78 is 10.7. The molecule has 1 atom stereocenters. The lowest BCUT2D eigenvalue weighted by Gasteiger charge is -2.18. The van der Waals surface area contributed by atoms with E-state index in [1.165, 1.54) is 16.2 Å². The Balaban J connectivity index is 1.46. The quantitative estimate of drug-likeness (QED) is 0.599. The average Bonchev–Trinajstić information content (AvgIpc) is 3.37. The molecule has 2 aliphatic rings. The van der Waals surface area contributed by atoms with Gasteiger partial charge in [-0.1, -0.05) is 25.1 Å². The van der Waals surface area contributed by atoms with Gasteiger partial charge in [0.25, 0.3) is 11.8 Å². The van der Waals surface area contributed by atoms with Crippen LogP contribution in [0.15, 0.2) is 48.5 Å². The van der Waals surface area contributed by atoms with Gasteiger partial charge in [-0.2, -0.15) is 0 Å². The van der Waals surface area contributed by atoms with E-state index in [0.717, 1.165) is 24.8 Å². The minimum Gasteiger partial charge on any atom is -0.454 e. The fraction of sp³-hybridized carbons (Fsp3) is 0.250. The fourth-order valence-corrected chi connectivity index (χ4v) is 5.42. The average molecular weight is 435 g/mol. The van der Waals surface area contributed by atoms with E-state index in [2.05, 4.69) is 17.6 Å². The van der Waals surface area contributed by atoms with E-state index in [1.54, 1.807) is 30.3 Å². The van der Waals surface area contributed by atoms with Crippen molar-refractivity contribution < 1.29 is 19.1 Å². The second kappa shape index (κ2) is 8.07. The molecule has 0 fully saturated rings. The summed E-state index contributed by atoms with van der Waals surface area (Å²) in [7, 11) is 0. The highest BCUT2D eigenvalue weighted by Gasteiger charge is 2.29. The molecule has 3 aromatic rings. The Bertz CT molecular complexity index is 1160. The minimum atomic E-state index is -0.228. The number of carbonyl (C=O) groups excluding carboxylic acids is 2. The Morgan fingerprint density at radius 1 is 1.00 bits per heavy atom. The van der Waals surface area contributed by atoms with Crippen LogP contribution in [0.25, 0.3) is 0 Å². The van der Waals surface area contributed by atoms with Crippen LogP contribution < -0.4 is 20.1 Å². The summed E-state index contributed by atoms with van der Waals surface area (Å²) in [5.41, 5.74) is 2.79. The van der Waals surface area contributed by atoms with Gasteiger partial charge in [-0.3, -0.25) is 9.59 Å². The third-order valence-electron chi connectivity index (χ3n) is 5.63. The van der Waals surface area contributed by atoms with Crippen LogP contribution in [0.3, 0.4) is 0 Å². The van der Waals surface area contributed by atoms with Crippen molar-refractivity contribution in [3.8, 4) is 11.5 Å². The molecule has 2 amide bonds. The third-order valence-corrected chi connectivity index (χ3v) is 6.80. The molecular weight excluding hydrogens is 412 g/mol. The maximum absolute atomic E-state index is 13.3. The van der Waals surface area contributed by atoms with E-state index in [0.29, 0.717) is 39.2 Å². The van der Waals surface area contributed by atoms with Gasteiger partial charge in [-0.25, -0.2) is 0 Å². The molecule has 0 saturated heterocycles. The summed E-state index contributed by atoms with van der Waals surface area (Å²) in [5.74, 6) is 1.39. The van der Waals surface area contributed by atoms with Crippen LogP contribution in [-0.4, -0.2) is 18.6 Å². The highest BCUT2D eigenvalue weighted by atomic mass is 32.1. The highest BCUT2D eigenvalue weighted by molar-refractivity contribution is 7.17. The number of anilines is 2. The molecule has 1 unspecified atom stereocenters. The SMILES string of the molecule is CC1CCc2c(sc(NC(=O)c3ccccc3)c2C(=O)Nc2ccc3c(c2)OCO3)C1. The lowest BCUT2D eigenvalue weighted by atomic mass is 9.88. The van der Waals surface area contributed by atoms with Gasteiger partial charge in [-0.15, -0.1) is 11.3 Å². The van der Waals surface area contributed by atoms with Gasteiger partial charge in [0.05, 0.1) is 5.56 Å². The maximum atomic E-state index is 13.3. The van der Waals surface area contributed by atoms with Crippen LogP contribution in [0, 0.1) is 5.92 Å². The molecule has 158 valence electrons. The van der Waals surface area contributed by atoms with E-state index < -0.39 is 0 Å². The zero-order valence-electron chi connectivity index (χ0n) is 17.1. The topological polar surface area (TPSA) is 76.7 Å². The number of benzene rings is 2. The first-order chi connectivity index (χ1) is 15.1. The molecule has 0 radical (unpaired) electrons. The Hall–Kier alpha value is -3.32. The molecule has 31 heavy (non-hydrogen) atoms. The highest BCUT2D eigenvalue weighted by Crippen LogP contribution is 2.41. The van der Waals surface area contributed by atoms with Crippen molar-refractivity contribution in [3.63, 3.8) is 0 Å². The predicted molar refractivity (Wildman–Crippen MR) is 120 cm³/mol. The van der Waals surface area contributed by atoms with Crippen LogP contribution in [0.5, 0.6) is 11.5 Å². The number of hydrogen-bond acceptors (Lipinski definition) is 5. The number of hydrogen-bond donors (Lipinski definition) is 2. The molecule has 5 rings (SSSR count). The van der Waals surface area contributed by atoms with Gasteiger partial charge in [0.1, 0.15) is 5.00 Å². The Kier molecular flexibility index (Phi) is 5.11. The standard InChI is InChI=1S/C24H22N2O4S/c1-14-7-9-17-20(11-14)31-24(26-22(27)15-5-3-2-4-6-15)21(17)23(28)25-16-8-10-18-19(12-16)30-13-29-18/h2-6,8,10,12,14H,7,9,11,13H2,1H3,(H,25,28)(H,26,27). The van der Waals surface area contributed by atoms with Crippen molar-refractivity contribution in [2.24, 2.45) is 5.92 Å². The molecule has 6 nitrogen and oxygen atoms in total. The van der Waals surface area contributed by atoms with Crippen molar-refractivity contribution in [1.82, 2.24) is 0 Å². The van der Waals surface area contributed by atoms with Crippen LogP contribution in [0.1, 0.15) is 44.5 Å². The Labute approximate surface area is 184 Å². The van der Waals surface area contributed by atoms with Gasteiger partial charge < -0.3 is 20.1 Å². The molecule has 7 heteroatoms. The van der Waals surface area contributed by atoms with E-state index in [1.807, 2.05) is 18.2 Å². The lowest BCUT2D eigenvalue weighted by molar-refractivity contribution is 0.102. The number of fused-ring (bicyclic) bond motifs is 2.